The summed E-state index contributed by atoms with van der Waals surface area (Å²) in [6.45, 7) is 5.46. The van der Waals surface area contributed by atoms with Crippen molar-refractivity contribution in [3.05, 3.63) is 12.2 Å². The van der Waals surface area contributed by atoms with Crippen LogP contribution in [0.1, 0.15) is 264 Å². The van der Waals surface area contributed by atoms with Crippen molar-refractivity contribution in [2.24, 2.45) is 0 Å². The van der Waals surface area contributed by atoms with E-state index >= 15 is 0 Å². The first-order valence-electron chi connectivity index (χ1n) is 26.9. The van der Waals surface area contributed by atoms with Gasteiger partial charge in [-0.2, -0.15) is 0 Å². The first-order valence-corrected chi connectivity index (χ1v) is 28.4. The molecule has 0 N–H and O–H groups in total. The summed E-state index contributed by atoms with van der Waals surface area (Å²) in [6, 6.07) is 0. The van der Waals surface area contributed by atoms with E-state index in [9.17, 15) is 14.3 Å². The van der Waals surface area contributed by atoms with Gasteiger partial charge in [-0.15, -0.1) is 0 Å². The van der Waals surface area contributed by atoms with Gasteiger partial charge in [-0.25, -0.2) is 0 Å². The highest BCUT2D eigenvalue weighted by Crippen LogP contribution is 2.38. The molecule has 8 nitrogen and oxygen atoms in total. The van der Waals surface area contributed by atoms with E-state index in [4.69, 9.17) is 18.5 Å². The molecule has 0 aliphatic heterocycles. The minimum atomic E-state index is -4.53. The van der Waals surface area contributed by atoms with E-state index in [1.165, 1.54) is 212 Å². The molecule has 0 heterocycles. The first kappa shape index (κ1) is 61.2. The number of carbonyl (C=O) groups is 1. The van der Waals surface area contributed by atoms with Crippen LogP contribution in [0.5, 0.6) is 0 Å². The van der Waals surface area contributed by atoms with Gasteiger partial charge in [0.2, 0.25) is 0 Å². The van der Waals surface area contributed by atoms with E-state index in [-0.39, 0.29) is 25.8 Å². The second kappa shape index (κ2) is 46.8. The van der Waals surface area contributed by atoms with Crippen LogP contribution in [0.15, 0.2) is 12.2 Å². The fourth-order valence-corrected chi connectivity index (χ4v) is 8.63. The summed E-state index contributed by atoms with van der Waals surface area (Å²) in [6.07, 6.45) is 53.9. The van der Waals surface area contributed by atoms with Crippen molar-refractivity contribution < 1.29 is 37.3 Å². The first-order chi connectivity index (χ1) is 30.1. The average molecular weight is 900 g/mol. The number of phosphoric ester groups is 1. The summed E-state index contributed by atoms with van der Waals surface area (Å²) in [5, 5.41) is 0. The normalized spacial score (nSPS) is 13.6. The summed E-state index contributed by atoms with van der Waals surface area (Å²) in [4.78, 5) is 25.2. The number of allylic oxidation sites excluding steroid dienone is 2. The van der Waals surface area contributed by atoms with Crippen molar-refractivity contribution in [2.45, 2.75) is 270 Å². The van der Waals surface area contributed by atoms with Gasteiger partial charge < -0.3 is 27.9 Å². The Morgan fingerprint density at radius 3 is 1.23 bits per heavy atom. The average Bonchev–Trinajstić information content (AvgIpc) is 3.23. The molecule has 62 heavy (non-hydrogen) atoms. The van der Waals surface area contributed by atoms with E-state index in [0.717, 1.165) is 32.1 Å². The zero-order chi connectivity index (χ0) is 45.5. The maximum Gasteiger partial charge on any atom is 0.306 e. The lowest BCUT2D eigenvalue weighted by molar-refractivity contribution is -0.870. The highest BCUT2D eigenvalue weighted by Gasteiger charge is 2.20. The zero-order valence-corrected chi connectivity index (χ0v) is 43.0. The molecule has 0 amide bonds. The summed E-state index contributed by atoms with van der Waals surface area (Å²) in [5.41, 5.74) is 0. The minimum Gasteiger partial charge on any atom is -0.756 e. The van der Waals surface area contributed by atoms with E-state index in [0.29, 0.717) is 24.1 Å². The maximum atomic E-state index is 12.8. The Morgan fingerprint density at radius 2 is 0.839 bits per heavy atom. The van der Waals surface area contributed by atoms with Crippen molar-refractivity contribution in [2.75, 3.05) is 54.1 Å². The molecule has 0 radical (unpaired) electrons. The number of quaternary nitrogens is 1. The Balaban J connectivity index is 4.04. The molecule has 0 saturated carbocycles. The van der Waals surface area contributed by atoms with Crippen molar-refractivity contribution in [3.8, 4) is 0 Å². The van der Waals surface area contributed by atoms with Gasteiger partial charge in [-0.3, -0.25) is 9.36 Å². The Hall–Kier alpha value is -0.760. The van der Waals surface area contributed by atoms with Gasteiger partial charge in [0.05, 0.1) is 34.4 Å². The second-order valence-electron chi connectivity index (χ2n) is 19.6. The van der Waals surface area contributed by atoms with Crippen LogP contribution in [0.3, 0.4) is 0 Å². The molecule has 0 aliphatic rings. The summed E-state index contributed by atoms with van der Waals surface area (Å²) >= 11 is 0. The molecule has 9 heteroatoms. The summed E-state index contributed by atoms with van der Waals surface area (Å²) in [7, 11) is 1.37. The second-order valence-corrected chi connectivity index (χ2v) is 21.0. The Bertz CT molecular complexity index is 1000. The molecule has 0 spiro atoms. The molecular formula is C53H106NO7P. The molecule has 0 aliphatic carbocycles. The van der Waals surface area contributed by atoms with Crippen molar-refractivity contribution in [1.29, 1.82) is 0 Å². The van der Waals surface area contributed by atoms with Crippen LogP contribution in [-0.4, -0.2) is 70.7 Å². The molecule has 0 aromatic carbocycles. The Kier molecular flexibility index (Phi) is 46.2. The smallest absolute Gasteiger partial charge is 0.306 e. The van der Waals surface area contributed by atoms with Crippen molar-refractivity contribution >= 4 is 13.8 Å². The van der Waals surface area contributed by atoms with Crippen LogP contribution in [0, 0.1) is 0 Å². The summed E-state index contributed by atoms with van der Waals surface area (Å²) < 4.78 is 34.8. The third-order valence-corrected chi connectivity index (χ3v) is 13.0. The number of ether oxygens (including phenoxy) is 2. The topological polar surface area (TPSA) is 94.1 Å². The number of nitrogens with zero attached hydrogens (tertiary/aromatic N) is 1. The van der Waals surface area contributed by atoms with Gasteiger partial charge in [0.15, 0.2) is 0 Å². The van der Waals surface area contributed by atoms with Crippen LogP contribution in [0.25, 0.3) is 0 Å². The molecule has 0 bridgehead atoms. The van der Waals surface area contributed by atoms with Crippen LogP contribution < -0.4 is 4.89 Å². The SMILES string of the molecule is CCCCCCCC/C=C\CCCCCCCCOCC(COP(=O)([O-])OCC[N+](C)(C)C)OC(=O)CCCCCCCCCCCCCCCCCCCCCCCCCC. The fourth-order valence-electron chi connectivity index (χ4n) is 7.90. The number of likely N-dealkylation sites (N-methyl/N-ethyl adjacent to an activating group) is 1. The summed E-state index contributed by atoms with van der Waals surface area (Å²) in [5.74, 6) is -0.329. The van der Waals surface area contributed by atoms with Crippen molar-refractivity contribution in [3.63, 3.8) is 0 Å². The largest absolute Gasteiger partial charge is 0.756 e. The van der Waals surface area contributed by atoms with Crippen LogP contribution >= 0.6 is 7.82 Å². The number of phosphoric acid groups is 1. The van der Waals surface area contributed by atoms with Gasteiger partial charge in [0, 0.05) is 13.0 Å². The third kappa shape index (κ3) is 50.2. The van der Waals surface area contributed by atoms with Crippen molar-refractivity contribution in [1.82, 2.24) is 0 Å². The molecule has 0 fully saturated rings. The fraction of sp³-hybridized carbons (Fsp3) is 0.943. The molecule has 0 rings (SSSR count). The Morgan fingerprint density at radius 1 is 0.484 bits per heavy atom. The number of hydrogen-bond acceptors (Lipinski definition) is 7. The van der Waals surface area contributed by atoms with Gasteiger partial charge in [-0.1, -0.05) is 231 Å². The van der Waals surface area contributed by atoms with Gasteiger partial charge in [0.1, 0.15) is 19.3 Å². The van der Waals surface area contributed by atoms with E-state index in [2.05, 4.69) is 26.0 Å². The van der Waals surface area contributed by atoms with Gasteiger partial charge in [0.25, 0.3) is 7.82 Å². The number of unbranched alkanes of at least 4 members (excludes halogenated alkanes) is 35. The van der Waals surface area contributed by atoms with E-state index in [1.807, 2.05) is 21.1 Å². The molecule has 2 atom stereocenters. The lowest BCUT2D eigenvalue weighted by atomic mass is 10.0. The lowest BCUT2D eigenvalue weighted by Crippen LogP contribution is -2.37. The van der Waals surface area contributed by atoms with Gasteiger partial charge >= 0.3 is 5.97 Å². The third-order valence-electron chi connectivity index (χ3n) is 12.1. The zero-order valence-electron chi connectivity index (χ0n) is 42.1. The van der Waals surface area contributed by atoms with E-state index < -0.39 is 13.9 Å². The van der Waals surface area contributed by atoms with Gasteiger partial charge in [-0.05, 0) is 38.5 Å². The van der Waals surface area contributed by atoms with Crippen LogP contribution in [0.2, 0.25) is 0 Å². The molecular weight excluding hydrogens is 794 g/mol. The Labute approximate surface area is 386 Å². The minimum absolute atomic E-state index is 0.0285. The molecule has 370 valence electrons. The number of hydrogen-bond donors (Lipinski definition) is 0. The van der Waals surface area contributed by atoms with Crippen LogP contribution in [0.4, 0.5) is 0 Å². The van der Waals surface area contributed by atoms with E-state index in [1.54, 1.807) is 0 Å². The highest BCUT2D eigenvalue weighted by atomic mass is 31.2. The number of carbonyl (C=O) groups excluding carboxylic acids is 1. The predicted molar refractivity (Wildman–Crippen MR) is 264 cm³/mol. The molecule has 2 unspecified atom stereocenters. The predicted octanol–water partition coefficient (Wildman–Crippen LogP) is 15.9. The monoisotopic (exact) mass is 900 g/mol. The number of rotatable bonds is 51. The molecule has 0 aromatic rings. The highest BCUT2D eigenvalue weighted by molar-refractivity contribution is 7.45. The standard InChI is InChI=1S/C53H106NO7P/c1-6-8-10-12-14-16-18-20-22-24-25-26-27-28-29-30-31-32-34-36-38-40-42-44-46-53(55)61-52(51-60-62(56,57)59-49-47-54(3,4)5)50-58-48-45-43-41-39-37-35-33-23-21-19-17-15-13-11-9-7-2/h21,23,52H,6-20,22,24-51H2,1-5H3/b23-21-. The number of esters is 1. The quantitative estimate of drug-likeness (QED) is 0.0197. The lowest BCUT2D eigenvalue weighted by Gasteiger charge is -2.28. The molecule has 0 saturated heterocycles. The maximum absolute atomic E-state index is 12.8. The molecule has 0 aromatic heterocycles. The van der Waals surface area contributed by atoms with Crippen LogP contribution in [-0.2, 0) is 27.9 Å².